The van der Waals surface area contributed by atoms with Crippen molar-refractivity contribution < 1.29 is 9.59 Å². The van der Waals surface area contributed by atoms with Crippen molar-refractivity contribution in [3.05, 3.63) is 33.0 Å². The quantitative estimate of drug-likeness (QED) is 0.678. The zero-order chi connectivity index (χ0) is 20.8. The van der Waals surface area contributed by atoms with Gasteiger partial charge < -0.3 is 15.5 Å². The molecule has 162 valence electrons. The van der Waals surface area contributed by atoms with Gasteiger partial charge in [-0.25, -0.2) is 4.98 Å². The van der Waals surface area contributed by atoms with Gasteiger partial charge in [0.1, 0.15) is 0 Å². The van der Waals surface area contributed by atoms with Crippen LogP contribution in [-0.4, -0.2) is 47.9 Å². The van der Waals surface area contributed by atoms with E-state index in [0.717, 1.165) is 54.3 Å². The zero-order valence-electron chi connectivity index (χ0n) is 17.3. The molecular weight excluding hydrogens is 416 g/mol. The van der Waals surface area contributed by atoms with Gasteiger partial charge in [0.15, 0.2) is 5.13 Å². The summed E-state index contributed by atoms with van der Waals surface area (Å²) in [6.07, 6.45) is 8.29. The van der Waals surface area contributed by atoms with Crippen LogP contribution in [0, 0.1) is 0 Å². The summed E-state index contributed by atoms with van der Waals surface area (Å²) in [5.74, 6) is -0.174. The lowest BCUT2D eigenvalue weighted by molar-refractivity contribution is -0.123. The van der Waals surface area contributed by atoms with Gasteiger partial charge in [-0.2, -0.15) is 0 Å². The third-order valence-corrected chi connectivity index (χ3v) is 7.78. The summed E-state index contributed by atoms with van der Waals surface area (Å²) in [6.45, 7) is 3.90. The van der Waals surface area contributed by atoms with Crippen molar-refractivity contribution in [3.63, 3.8) is 0 Å². The van der Waals surface area contributed by atoms with E-state index in [9.17, 15) is 9.59 Å². The number of aromatic nitrogens is 1. The third-order valence-electron chi connectivity index (χ3n) is 5.86. The van der Waals surface area contributed by atoms with Gasteiger partial charge in [-0.3, -0.25) is 9.59 Å². The molecule has 8 heteroatoms. The Morgan fingerprint density at radius 1 is 1.17 bits per heavy atom. The Balaban J connectivity index is 1.31. The molecule has 30 heavy (non-hydrogen) atoms. The summed E-state index contributed by atoms with van der Waals surface area (Å²) >= 11 is 3.10. The van der Waals surface area contributed by atoms with Crippen LogP contribution in [0.15, 0.2) is 17.5 Å². The molecule has 0 radical (unpaired) electrons. The van der Waals surface area contributed by atoms with E-state index in [1.807, 2.05) is 17.5 Å². The van der Waals surface area contributed by atoms with Crippen LogP contribution in [0.5, 0.6) is 0 Å². The Morgan fingerprint density at radius 3 is 2.77 bits per heavy atom. The summed E-state index contributed by atoms with van der Waals surface area (Å²) < 4.78 is 0. The van der Waals surface area contributed by atoms with E-state index in [1.165, 1.54) is 37.0 Å². The van der Waals surface area contributed by atoms with Crippen LogP contribution in [0.3, 0.4) is 0 Å². The predicted octanol–water partition coefficient (Wildman–Crippen LogP) is 3.80. The minimum atomic E-state index is -0.197. The second-order valence-corrected chi connectivity index (χ2v) is 10.2. The number of anilines is 1. The fourth-order valence-corrected chi connectivity index (χ4v) is 6.07. The molecule has 6 nitrogen and oxygen atoms in total. The van der Waals surface area contributed by atoms with Crippen LogP contribution in [0.1, 0.15) is 59.9 Å². The summed E-state index contributed by atoms with van der Waals surface area (Å²) in [7, 11) is 0. The topological polar surface area (TPSA) is 74.3 Å². The van der Waals surface area contributed by atoms with Gasteiger partial charge in [-0.15, -0.1) is 22.7 Å². The first-order valence-electron chi connectivity index (χ1n) is 11.0. The van der Waals surface area contributed by atoms with Crippen molar-refractivity contribution >= 4 is 39.6 Å². The molecule has 0 saturated carbocycles. The van der Waals surface area contributed by atoms with Crippen LogP contribution in [0.4, 0.5) is 5.13 Å². The molecule has 1 aliphatic heterocycles. The average Bonchev–Trinajstić information content (AvgIpc) is 3.31. The van der Waals surface area contributed by atoms with Gasteiger partial charge in [0.05, 0.1) is 18.0 Å². The number of carbonyl (C=O) groups is 2. The van der Waals surface area contributed by atoms with E-state index >= 15 is 0 Å². The van der Waals surface area contributed by atoms with Crippen molar-refractivity contribution in [1.82, 2.24) is 15.2 Å². The Morgan fingerprint density at radius 2 is 2.00 bits per heavy atom. The number of thiophene rings is 1. The standard InChI is InChI=1S/C22H30N4O2S2/c27-19(15-16-7-6-14-29-16)24-22-25-20-17(8-5-9-18(20)30-22)21(28)23-10-13-26-11-3-1-2-4-12-26/h6-7,14,17H,1-5,8-13,15H2,(H,23,28)(H,24,25,27). The maximum absolute atomic E-state index is 12.9. The number of nitrogens with one attached hydrogen (secondary N) is 2. The van der Waals surface area contributed by atoms with Gasteiger partial charge in [-0.1, -0.05) is 18.9 Å². The maximum Gasteiger partial charge on any atom is 0.231 e. The van der Waals surface area contributed by atoms with Crippen molar-refractivity contribution in [2.24, 2.45) is 0 Å². The Labute approximate surface area is 186 Å². The highest BCUT2D eigenvalue weighted by atomic mass is 32.1. The minimum absolute atomic E-state index is 0.0537. The molecule has 2 amide bonds. The number of carbonyl (C=O) groups excluding carboxylic acids is 2. The number of thiazole rings is 1. The van der Waals surface area contributed by atoms with Gasteiger partial charge >= 0.3 is 0 Å². The molecule has 3 heterocycles. The first-order valence-corrected chi connectivity index (χ1v) is 12.7. The summed E-state index contributed by atoms with van der Waals surface area (Å²) in [6, 6.07) is 3.91. The molecular formula is C22H30N4O2S2. The van der Waals surface area contributed by atoms with E-state index in [0.29, 0.717) is 18.1 Å². The highest BCUT2D eigenvalue weighted by Gasteiger charge is 2.30. The zero-order valence-corrected chi connectivity index (χ0v) is 19.0. The number of nitrogens with zero attached hydrogens (tertiary/aromatic N) is 2. The van der Waals surface area contributed by atoms with Crippen LogP contribution >= 0.6 is 22.7 Å². The Bertz CT molecular complexity index is 841. The first kappa shape index (κ1) is 21.5. The normalized spacial score (nSPS) is 19.7. The number of likely N-dealkylation sites (tertiary alicyclic amines) is 1. The number of aryl methyl sites for hydroxylation is 1. The van der Waals surface area contributed by atoms with E-state index in [2.05, 4.69) is 20.5 Å². The molecule has 1 aliphatic carbocycles. The van der Waals surface area contributed by atoms with Crippen LogP contribution in [0.25, 0.3) is 0 Å². The molecule has 1 saturated heterocycles. The van der Waals surface area contributed by atoms with E-state index < -0.39 is 0 Å². The number of hydrogen-bond acceptors (Lipinski definition) is 6. The smallest absolute Gasteiger partial charge is 0.231 e. The monoisotopic (exact) mass is 446 g/mol. The summed E-state index contributed by atoms with van der Waals surface area (Å²) in [4.78, 5) is 34.5. The van der Waals surface area contributed by atoms with Crippen molar-refractivity contribution in [3.8, 4) is 0 Å². The van der Waals surface area contributed by atoms with Gasteiger partial charge in [0.2, 0.25) is 11.8 Å². The molecule has 2 N–H and O–H groups in total. The molecule has 2 aromatic heterocycles. The number of fused-ring (bicyclic) bond motifs is 1. The SMILES string of the molecule is O=C(Cc1cccs1)Nc1nc2c(s1)CCCC2C(=O)NCCN1CCCCCC1. The largest absolute Gasteiger partial charge is 0.354 e. The molecule has 0 spiro atoms. The van der Waals surface area contributed by atoms with Crippen molar-refractivity contribution in [2.45, 2.75) is 57.3 Å². The Hall–Kier alpha value is -1.77. The molecule has 1 unspecified atom stereocenters. The van der Waals surface area contributed by atoms with Crippen LogP contribution < -0.4 is 10.6 Å². The molecule has 1 atom stereocenters. The highest BCUT2D eigenvalue weighted by Crippen LogP contribution is 2.36. The van der Waals surface area contributed by atoms with Crippen LogP contribution in [0.2, 0.25) is 0 Å². The van der Waals surface area contributed by atoms with E-state index in [4.69, 9.17) is 0 Å². The summed E-state index contributed by atoms with van der Waals surface area (Å²) in [5, 5.41) is 8.65. The van der Waals surface area contributed by atoms with Crippen LogP contribution in [-0.2, 0) is 22.4 Å². The molecule has 0 bridgehead atoms. The lowest BCUT2D eigenvalue weighted by Crippen LogP contribution is -2.38. The minimum Gasteiger partial charge on any atom is -0.354 e. The molecule has 1 fully saturated rings. The molecule has 2 aromatic rings. The number of amides is 2. The average molecular weight is 447 g/mol. The second-order valence-electron chi connectivity index (χ2n) is 8.12. The van der Waals surface area contributed by atoms with Crippen molar-refractivity contribution in [1.29, 1.82) is 0 Å². The lowest BCUT2D eigenvalue weighted by Gasteiger charge is -2.23. The van der Waals surface area contributed by atoms with Gasteiger partial charge in [-0.05, 0) is 56.6 Å². The fraction of sp³-hybridized carbons (Fsp3) is 0.591. The van der Waals surface area contributed by atoms with Gasteiger partial charge in [0.25, 0.3) is 0 Å². The lowest BCUT2D eigenvalue weighted by atomic mass is 9.90. The second kappa shape index (κ2) is 10.5. The van der Waals surface area contributed by atoms with Gasteiger partial charge in [0, 0.05) is 22.8 Å². The number of rotatable bonds is 7. The Kier molecular flexibility index (Phi) is 7.52. The number of hydrogen-bond donors (Lipinski definition) is 2. The van der Waals surface area contributed by atoms with E-state index in [1.54, 1.807) is 11.3 Å². The highest BCUT2D eigenvalue weighted by molar-refractivity contribution is 7.16. The molecule has 0 aromatic carbocycles. The third kappa shape index (κ3) is 5.68. The fourth-order valence-electron chi connectivity index (χ4n) is 4.28. The molecule has 2 aliphatic rings. The maximum atomic E-state index is 12.9. The van der Waals surface area contributed by atoms with E-state index in [-0.39, 0.29) is 17.7 Å². The van der Waals surface area contributed by atoms with Crippen molar-refractivity contribution in [2.75, 3.05) is 31.5 Å². The first-order chi connectivity index (χ1) is 14.7. The summed E-state index contributed by atoms with van der Waals surface area (Å²) in [5.41, 5.74) is 0.866. The predicted molar refractivity (Wildman–Crippen MR) is 122 cm³/mol. The molecule has 4 rings (SSSR count).